The summed E-state index contributed by atoms with van der Waals surface area (Å²) >= 11 is 3.34. The Bertz CT molecular complexity index is 711. The van der Waals surface area contributed by atoms with Gasteiger partial charge in [-0.15, -0.1) is 0 Å². The largest absolute Gasteiger partial charge is 0.452 e. The van der Waals surface area contributed by atoms with E-state index in [1.165, 1.54) is 0 Å². The first-order valence-corrected chi connectivity index (χ1v) is 8.43. The van der Waals surface area contributed by atoms with Crippen LogP contribution in [-0.2, 0) is 19.7 Å². The Morgan fingerprint density at radius 1 is 1.04 bits per heavy atom. The van der Waals surface area contributed by atoms with Gasteiger partial charge in [-0.3, -0.25) is 9.59 Å². The summed E-state index contributed by atoms with van der Waals surface area (Å²) in [5, 5.41) is 2.73. The normalized spacial score (nSPS) is 12.3. The lowest BCUT2D eigenvalue weighted by molar-refractivity contribution is -0.158. The molecule has 0 aliphatic heterocycles. The van der Waals surface area contributed by atoms with Crippen LogP contribution < -0.4 is 5.32 Å². The first kappa shape index (κ1) is 18.2. The molecule has 0 fully saturated rings. The number of halogens is 1. The highest BCUT2D eigenvalue weighted by molar-refractivity contribution is 9.10. The number of carbonyl (C=O) groups excluding carboxylic acids is 2. The van der Waals surface area contributed by atoms with Crippen molar-refractivity contribution in [1.29, 1.82) is 0 Å². The third-order valence-electron chi connectivity index (χ3n) is 3.77. The summed E-state index contributed by atoms with van der Waals surface area (Å²) in [5.41, 5.74) is 0.664. The quantitative estimate of drug-likeness (QED) is 0.775. The lowest BCUT2D eigenvalue weighted by atomic mass is 9.85. The maximum atomic E-state index is 12.5. The lowest BCUT2D eigenvalue weighted by Gasteiger charge is -2.25. The highest BCUT2D eigenvalue weighted by Crippen LogP contribution is 2.25. The van der Waals surface area contributed by atoms with Gasteiger partial charge in [0.2, 0.25) is 0 Å². The zero-order valence-electron chi connectivity index (χ0n) is 13.9. The molecule has 0 heterocycles. The van der Waals surface area contributed by atoms with Gasteiger partial charge in [-0.05, 0) is 50.6 Å². The van der Waals surface area contributed by atoms with Gasteiger partial charge in [0.05, 0.1) is 5.41 Å². The summed E-state index contributed by atoms with van der Waals surface area (Å²) in [6.07, 6.45) is -0.885. The van der Waals surface area contributed by atoms with Crippen molar-refractivity contribution in [3.8, 4) is 0 Å². The van der Waals surface area contributed by atoms with Crippen LogP contribution in [0.2, 0.25) is 0 Å². The zero-order chi connectivity index (χ0) is 17.7. The van der Waals surface area contributed by atoms with E-state index >= 15 is 0 Å². The summed E-state index contributed by atoms with van der Waals surface area (Å²) in [7, 11) is 0. The van der Waals surface area contributed by atoms with E-state index in [9.17, 15) is 9.59 Å². The number of carbonyl (C=O) groups is 2. The van der Waals surface area contributed by atoms with E-state index in [2.05, 4.69) is 21.2 Å². The minimum atomic E-state index is -0.885. The fourth-order valence-electron chi connectivity index (χ4n) is 2.11. The SMILES string of the molecule is C[C@H](OC(=O)C(C)(C)c1ccccc1)C(=O)Nc1ccc(Br)cc1. The van der Waals surface area contributed by atoms with Crippen molar-refractivity contribution >= 4 is 33.5 Å². The summed E-state index contributed by atoms with van der Waals surface area (Å²) in [5.74, 6) is -0.804. The number of ether oxygens (including phenoxy) is 1. The van der Waals surface area contributed by atoms with Gasteiger partial charge in [-0.1, -0.05) is 46.3 Å². The lowest BCUT2D eigenvalue weighted by Crippen LogP contribution is -2.37. The topological polar surface area (TPSA) is 55.4 Å². The van der Waals surface area contributed by atoms with Crippen LogP contribution in [0.3, 0.4) is 0 Å². The minimum absolute atomic E-state index is 0.366. The van der Waals surface area contributed by atoms with Gasteiger partial charge in [0.25, 0.3) is 5.91 Å². The average molecular weight is 390 g/mol. The third kappa shape index (κ3) is 4.45. The second-order valence-corrected chi connectivity index (χ2v) is 6.95. The molecule has 5 heteroatoms. The van der Waals surface area contributed by atoms with Crippen molar-refractivity contribution in [2.24, 2.45) is 0 Å². The van der Waals surface area contributed by atoms with Gasteiger partial charge >= 0.3 is 5.97 Å². The molecule has 0 aliphatic rings. The molecule has 0 saturated carbocycles. The van der Waals surface area contributed by atoms with Gasteiger partial charge in [-0.2, -0.15) is 0 Å². The number of esters is 1. The standard InChI is InChI=1S/C19H20BrNO3/c1-13(17(22)21-16-11-9-15(20)10-12-16)24-18(23)19(2,3)14-7-5-4-6-8-14/h4-13H,1-3H3,(H,21,22)/t13-/m0/s1. The molecule has 4 nitrogen and oxygen atoms in total. The molecule has 0 bridgehead atoms. The van der Waals surface area contributed by atoms with E-state index in [0.29, 0.717) is 5.69 Å². The van der Waals surface area contributed by atoms with Crippen molar-refractivity contribution in [3.05, 3.63) is 64.6 Å². The molecule has 0 unspecified atom stereocenters. The Morgan fingerprint density at radius 3 is 2.21 bits per heavy atom. The van der Waals surface area contributed by atoms with Crippen molar-refractivity contribution in [3.63, 3.8) is 0 Å². The summed E-state index contributed by atoms with van der Waals surface area (Å²) in [6.45, 7) is 5.13. The van der Waals surface area contributed by atoms with Crippen LogP contribution in [0.1, 0.15) is 26.3 Å². The number of nitrogens with one attached hydrogen (secondary N) is 1. The molecule has 1 N–H and O–H groups in total. The van der Waals surface area contributed by atoms with Crippen LogP contribution in [0.15, 0.2) is 59.1 Å². The molecule has 2 rings (SSSR count). The number of hydrogen-bond acceptors (Lipinski definition) is 3. The molecule has 2 aromatic rings. The molecular formula is C19H20BrNO3. The molecule has 0 aliphatic carbocycles. The number of anilines is 1. The fraction of sp³-hybridized carbons (Fsp3) is 0.263. The van der Waals surface area contributed by atoms with Crippen LogP contribution in [0.4, 0.5) is 5.69 Å². The maximum Gasteiger partial charge on any atom is 0.316 e. The molecule has 0 radical (unpaired) electrons. The molecule has 0 spiro atoms. The number of amides is 1. The van der Waals surface area contributed by atoms with Gasteiger partial charge in [-0.25, -0.2) is 0 Å². The van der Waals surface area contributed by atoms with E-state index < -0.39 is 17.5 Å². The predicted molar refractivity (Wildman–Crippen MR) is 97.8 cm³/mol. The van der Waals surface area contributed by atoms with Crippen molar-refractivity contribution in [2.75, 3.05) is 5.32 Å². The molecule has 1 atom stereocenters. The Kier molecular flexibility index (Phi) is 5.78. The van der Waals surface area contributed by atoms with E-state index in [0.717, 1.165) is 10.0 Å². The Morgan fingerprint density at radius 2 is 1.62 bits per heavy atom. The minimum Gasteiger partial charge on any atom is -0.452 e. The Balaban J connectivity index is 2.00. The molecule has 0 aromatic heterocycles. The van der Waals surface area contributed by atoms with E-state index in [4.69, 9.17) is 4.74 Å². The predicted octanol–water partition coefficient (Wildman–Crippen LogP) is 4.30. The summed E-state index contributed by atoms with van der Waals surface area (Å²) in [4.78, 5) is 24.7. The molecular weight excluding hydrogens is 370 g/mol. The zero-order valence-corrected chi connectivity index (χ0v) is 15.5. The summed E-state index contributed by atoms with van der Waals surface area (Å²) in [6, 6.07) is 16.5. The molecule has 126 valence electrons. The average Bonchev–Trinajstić information content (AvgIpc) is 2.57. The monoisotopic (exact) mass is 389 g/mol. The summed E-state index contributed by atoms with van der Waals surface area (Å²) < 4.78 is 6.29. The second kappa shape index (κ2) is 7.62. The maximum absolute atomic E-state index is 12.5. The fourth-order valence-corrected chi connectivity index (χ4v) is 2.38. The van der Waals surface area contributed by atoms with Crippen molar-refractivity contribution in [1.82, 2.24) is 0 Å². The van der Waals surface area contributed by atoms with Crippen LogP contribution in [0.25, 0.3) is 0 Å². The smallest absolute Gasteiger partial charge is 0.316 e. The second-order valence-electron chi connectivity index (χ2n) is 6.03. The van der Waals surface area contributed by atoms with Crippen LogP contribution in [-0.4, -0.2) is 18.0 Å². The van der Waals surface area contributed by atoms with Gasteiger partial charge < -0.3 is 10.1 Å². The van der Waals surface area contributed by atoms with E-state index in [1.54, 1.807) is 32.9 Å². The van der Waals surface area contributed by atoms with Gasteiger partial charge in [0, 0.05) is 10.2 Å². The highest BCUT2D eigenvalue weighted by Gasteiger charge is 2.33. The van der Waals surface area contributed by atoms with Crippen LogP contribution in [0, 0.1) is 0 Å². The number of hydrogen-bond donors (Lipinski definition) is 1. The van der Waals surface area contributed by atoms with Crippen LogP contribution >= 0.6 is 15.9 Å². The Labute approximate surface area is 150 Å². The first-order valence-electron chi connectivity index (χ1n) is 7.64. The molecule has 0 saturated heterocycles. The highest BCUT2D eigenvalue weighted by atomic mass is 79.9. The number of rotatable bonds is 5. The number of benzene rings is 2. The van der Waals surface area contributed by atoms with Crippen molar-refractivity contribution in [2.45, 2.75) is 32.3 Å². The first-order chi connectivity index (χ1) is 11.3. The van der Waals surface area contributed by atoms with Gasteiger partial charge in [0.1, 0.15) is 0 Å². The van der Waals surface area contributed by atoms with Gasteiger partial charge in [0.15, 0.2) is 6.10 Å². The molecule has 2 aromatic carbocycles. The van der Waals surface area contributed by atoms with Crippen LogP contribution in [0.5, 0.6) is 0 Å². The van der Waals surface area contributed by atoms with E-state index in [-0.39, 0.29) is 5.91 Å². The molecule has 1 amide bonds. The van der Waals surface area contributed by atoms with E-state index in [1.807, 2.05) is 42.5 Å². The third-order valence-corrected chi connectivity index (χ3v) is 4.30. The molecule has 24 heavy (non-hydrogen) atoms. The van der Waals surface area contributed by atoms with Crippen molar-refractivity contribution < 1.29 is 14.3 Å². The Hall–Kier alpha value is -2.14.